The molecule has 0 bridgehead atoms. The van der Waals surface area contributed by atoms with Gasteiger partial charge in [0.1, 0.15) is 17.3 Å². The number of carbonyl (C=O) groups is 1. The lowest BCUT2D eigenvalue weighted by Gasteiger charge is -2.16. The number of likely N-dealkylation sites (tertiary alicyclic amines) is 1. The van der Waals surface area contributed by atoms with Crippen molar-refractivity contribution in [2.24, 2.45) is 7.05 Å². The predicted octanol–water partition coefficient (Wildman–Crippen LogP) is 2.70. The van der Waals surface area contributed by atoms with E-state index in [1.54, 1.807) is 30.2 Å². The summed E-state index contributed by atoms with van der Waals surface area (Å²) in [5.74, 6) is 2.05. The number of nitrogens with one attached hydrogen (secondary N) is 1. The lowest BCUT2D eigenvalue weighted by Crippen LogP contribution is -2.32. The fourth-order valence-electron chi connectivity index (χ4n) is 3.95. The highest BCUT2D eigenvalue weighted by Crippen LogP contribution is 2.23. The molecule has 0 saturated carbocycles. The summed E-state index contributed by atoms with van der Waals surface area (Å²) in [6.45, 7) is 3.23. The van der Waals surface area contributed by atoms with Gasteiger partial charge in [-0.2, -0.15) is 10.1 Å². The standard InChI is InChI=1S/C23H24N8O/c1-16-14-31(21(25-16)17-6-4-3-5-7-17)20-8-11-24-23(27-20)26-18-9-13-30(15-18)22(32)19-10-12-29(2)28-19/h3-8,10-12,14,18H,9,13,15H2,1-2H3,(H,24,26,27)/t18-/m1/s1. The molecule has 1 aliphatic rings. The van der Waals surface area contributed by atoms with Crippen LogP contribution in [0.4, 0.5) is 5.95 Å². The van der Waals surface area contributed by atoms with E-state index in [1.165, 1.54) is 0 Å². The first kappa shape index (κ1) is 19.9. The third-order valence-corrected chi connectivity index (χ3v) is 5.49. The average molecular weight is 429 g/mol. The number of hydrogen-bond acceptors (Lipinski definition) is 6. The van der Waals surface area contributed by atoms with E-state index < -0.39 is 0 Å². The van der Waals surface area contributed by atoms with Crippen molar-refractivity contribution in [1.82, 2.24) is 34.2 Å². The Labute approximate surface area is 185 Å². The van der Waals surface area contributed by atoms with Crippen LogP contribution in [0.5, 0.6) is 0 Å². The van der Waals surface area contributed by atoms with Crippen LogP contribution in [0.15, 0.2) is 61.1 Å². The van der Waals surface area contributed by atoms with Crippen molar-refractivity contribution in [2.75, 3.05) is 18.4 Å². The van der Waals surface area contributed by atoms with Gasteiger partial charge in [-0.15, -0.1) is 0 Å². The fraction of sp³-hybridized carbons (Fsp3) is 0.261. The van der Waals surface area contributed by atoms with E-state index in [0.29, 0.717) is 24.7 Å². The Hall–Kier alpha value is -4.01. The molecule has 1 N–H and O–H groups in total. The Morgan fingerprint density at radius 3 is 2.75 bits per heavy atom. The van der Waals surface area contributed by atoms with Crippen molar-refractivity contribution in [2.45, 2.75) is 19.4 Å². The SMILES string of the molecule is Cc1cn(-c2ccnc(N[C@@H]3CCN(C(=O)c4ccn(C)n4)C3)n2)c(-c2ccccc2)n1. The maximum absolute atomic E-state index is 12.7. The Bertz CT molecular complexity index is 1250. The average Bonchev–Trinajstić information content (AvgIpc) is 3.54. The second kappa shape index (κ2) is 8.26. The highest BCUT2D eigenvalue weighted by atomic mass is 16.2. The number of aryl methyl sites for hydroxylation is 2. The molecule has 1 amide bonds. The fourth-order valence-corrected chi connectivity index (χ4v) is 3.95. The molecule has 1 aromatic carbocycles. The molecule has 4 aromatic rings. The van der Waals surface area contributed by atoms with Crippen LogP contribution in [0.1, 0.15) is 22.6 Å². The van der Waals surface area contributed by atoms with Gasteiger partial charge in [0.25, 0.3) is 5.91 Å². The van der Waals surface area contributed by atoms with Gasteiger partial charge in [-0.1, -0.05) is 30.3 Å². The molecule has 162 valence electrons. The second-order valence-electron chi connectivity index (χ2n) is 7.94. The Morgan fingerprint density at radius 1 is 1.12 bits per heavy atom. The molecule has 0 spiro atoms. The van der Waals surface area contributed by atoms with Gasteiger partial charge in [-0.05, 0) is 25.5 Å². The zero-order valence-electron chi connectivity index (χ0n) is 18.0. The van der Waals surface area contributed by atoms with Crippen molar-refractivity contribution in [3.8, 4) is 17.2 Å². The molecule has 9 heteroatoms. The number of anilines is 1. The van der Waals surface area contributed by atoms with Gasteiger partial charge in [-0.3, -0.25) is 14.0 Å². The number of aromatic nitrogens is 6. The number of imidazole rings is 1. The van der Waals surface area contributed by atoms with Crippen molar-refractivity contribution < 1.29 is 4.79 Å². The summed E-state index contributed by atoms with van der Waals surface area (Å²) in [4.78, 5) is 28.3. The second-order valence-corrected chi connectivity index (χ2v) is 7.94. The van der Waals surface area contributed by atoms with Gasteiger partial charge in [0, 0.05) is 50.3 Å². The minimum Gasteiger partial charge on any atom is -0.350 e. The summed E-state index contributed by atoms with van der Waals surface area (Å²) in [6.07, 6.45) is 6.31. The van der Waals surface area contributed by atoms with E-state index in [-0.39, 0.29) is 11.9 Å². The number of benzene rings is 1. The summed E-state index contributed by atoms with van der Waals surface area (Å²) < 4.78 is 3.61. The van der Waals surface area contributed by atoms with E-state index >= 15 is 0 Å². The van der Waals surface area contributed by atoms with Crippen LogP contribution < -0.4 is 5.32 Å². The van der Waals surface area contributed by atoms with Crippen LogP contribution in [-0.4, -0.2) is 59.2 Å². The monoisotopic (exact) mass is 428 g/mol. The van der Waals surface area contributed by atoms with Gasteiger partial charge in [0.2, 0.25) is 5.95 Å². The van der Waals surface area contributed by atoms with Crippen molar-refractivity contribution in [1.29, 1.82) is 0 Å². The lowest BCUT2D eigenvalue weighted by atomic mass is 10.2. The molecule has 1 fully saturated rings. The van der Waals surface area contributed by atoms with Crippen LogP contribution in [0, 0.1) is 6.92 Å². The van der Waals surface area contributed by atoms with E-state index in [0.717, 1.165) is 29.3 Å². The molecule has 9 nitrogen and oxygen atoms in total. The molecule has 1 atom stereocenters. The zero-order chi connectivity index (χ0) is 22.1. The minimum atomic E-state index is -0.0500. The zero-order valence-corrected chi connectivity index (χ0v) is 18.0. The topological polar surface area (TPSA) is 93.8 Å². The number of nitrogens with zero attached hydrogens (tertiary/aromatic N) is 7. The molecule has 32 heavy (non-hydrogen) atoms. The molecular weight excluding hydrogens is 404 g/mol. The highest BCUT2D eigenvalue weighted by Gasteiger charge is 2.28. The number of rotatable bonds is 5. The van der Waals surface area contributed by atoms with Crippen LogP contribution in [-0.2, 0) is 7.05 Å². The summed E-state index contributed by atoms with van der Waals surface area (Å²) in [7, 11) is 1.81. The number of hydrogen-bond donors (Lipinski definition) is 1. The molecule has 0 radical (unpaired) electrons. The minimum absolute atomic E-state index is 0.0500. The number of amides is 1. The Balaban J connectivity index is 1.32. The first-order valence-corrected chi connectivity index (χ1v) is 10.6. The first-order valence-electron chi connectivity index (χ1n) is 10.6. The van der Waals surface area contributed by atoms with Gasteiger partial charge in [-0.25, -0.2) is 9.97 Å². The van der Waals surface area contributed by atoms with Gasteiger partial charge in [0.15, 0.2) is 0 Å². The number of carbonyl (C=O) groups excluding carboxylic acids is 1. The molecule has 1 saturated heterocycles. The van der Waals surface area contributed by atoms with E-state index in [2.05, 4.69) is 20.4 Å². The largest absolute Gasteiger partial charge is 0.350 e. The van der Waals surface area contributed by atoms with Crippen LogP contribution >= 0.6 is 0 Å². The van der Waals surface area contributed by atoms with Crippen molar-refractivity contribution in [3.05, 3.63) is 72.4 Å². The van der Waals surface area contributed by atoms with Crippen LogP contribution in [0.25, 0.3) is 17.2 Å². The maximum Gasteiger partial charge on any atom is 0.274 e. The summed E-state index contributed by atoms with van der Waals surface area (Å²) >= 11 is 0. The van der Waals surface area contributed by atoms with Gasteiger partial charge < -0.3 is 10.2 Å². The van der Waals surface area contributed by atoms with E-state index in [4.69, 9.17) is 4.98 Å². The highest BCUT2D eigenvalue weighted by molar-refractivity contribution is 5.92. The Morgan fingerprint density at radius 2 is 1.97 bits per heavy atom. The first-order chi connectivity index (χ1) is 15.6. The van der Waals surface area contributed by atoms with Gasteiger partial charge in [0.05, 0.1) is 5.69 Å². The molecular formula is C23H24N8O. The normalized spacial score (nSPS) is 15.8. The molecule has 5 rings (SSSR count). The summed E-state index contributed by atoms with van der Waals surface area (Å²) in [5.41, 5.74) is 2.40. The molecule has 0 aliphatic carbocycles. The predicted molar refractivity (Wildman–Crippen MR) is 120 cm³/mol. The lowest BCUT2D eigenvalue weighted by molar-refractivity contribution is 0.0785. The molecule has 0 unspecified atom stereocenters. The third-order valence-electron chi connectivity index (χ3n) is 5.49. The molecule has 1 aliphatic heterocycles. The van der Waals surface area contributed by atoms with Crippen LogP contribution in [0.2, 0.25) is 0 Å². The summed E-state index contributed by atoms with van der Waals surface area (Å²) in [5, 5.41) is 7.60. The maximum atomic E-state index is 12.7. The molecule has 3 aromatic heterocycles. The Kier molecular flexibility index (Phi) is 5.14. The quantitative estimate of drug-likeness (QED) is 0.525. The van der Waals surface area contributed by atoms with E-state index in [1.807, 2.05) is 59.0 Å². The smallest absolute Gasteiger partial charge is 0.274 e. The third kappa shape index (κ3) is 3.96. The van der Waals surface area contributed by atoms with E-state index in [9.17, 15) is 4.79 Å². The van der Waals surface area contributed by atoms with Gasteiger partial charge >= 0.3 is 0 Å². The van der Waals surface area contributed by atoms with Crippen LogP contribution in [0.3, 0.4) is 0 Å². The summed E-state index contributed by atoms with van der Waals surface area (Å²) in [6, 6.07) is 13.7. The molecule has 4 heterocycles. The van der Waals surface area contributed by atoms with Crippen molar-refractivity contribution >= 4 is 11.9 Å². The van der Waals surface area contributed by atoms with Crippen molar-refractivity contribution in [3.63, 3.8) is 0 Å².